The first-order chi connectivity index (χ1) is 18.6. The molecule has 7 nitrogen and oxygen atoms in total. The summed E-state index contributed by atoms with van der Waals surface area (Å²) in [6.45, 7) is 11.4. The third-order valence-corrected chi connectivity index (χ3v) is 7.73. The third-order valence-electron chi connectivity index (χ3n) is 7.73. The summed E-state index contributed by atoms with van der Waals surface area (Å²) in [4.78, 5) is 26.8. The lowest BCUT2D eigenvalue weighted by atomic mass is 10.0. The van der Waals surface area contributed by atoms with Crippen molar-refractivity contribution in [1.29, 1.82) is 0 Å². The minimum Gasteiger partial charge on any atom is -0.491 e. The number of rotatable bonds is 9. The first-order valence-corrected chi connectivity index (χ1v) is 13.9. The molecule has 2 aliphatic carbocycles. The summed E-state index contributed by atoms with van der Waals surface area (Å²) in [5.41, 5.74) is 3.50. The lowest BCUT2D eigenvalue weighted by Gasteiger charge is -2.22. The molecule has 5 rings (SSSR count). The van der Waals surface area contributed by atoms with Gasteiger partial charge in [0, 0.05) is 43.1 Å². The number of benzene rings is 2. The van der Waals surface area contributed by atoms with Gasteiger partial charge in [-0.15, -0.1) is 0 Å². The van der Waals surface area contributed by atoms with Gasteiger partial charge < -0.3 is 25.0 Å². The van der Waals surface area contributed by atoms with Crippen molar-refractivity contribution in [3.63, 3.8) is 0 Å². The molecule has 7 heteroatoms. The molecule has 0 aromatic heterocycles. The van der Waals surface area contributed by atoms with Crippen LogP contribution in [0.25, 0.3) is 0 Å². The van der Waals surface area contributed by atoms with Gasteiger partial charge in [0.1, 0.15) is 17.6 Å². The van der Waals surface area contributed by atoms with Gasteiger partial charge in [0.25, 0.3) is 5.91 Å². The van der Waals surface area contributed by atoms with Crippen LogP contribution in [0.4, 0.5) is 5.69 Å². The minimum absolute atomic E-state index is 0.0784. The first-order valence-electron chi connectivity index (χ1n) is 13.9. The van der Waals surface area contributed by atoms with Crippen LogP contribution < -0.4 is 25.0 Å². The molecule has 1 heterocycles. The van der Waals surface area contributed by atoms with E-state index in [0.29, 0.717) is 5.57 Å². The lowest BCUT2D eigenvalue weighted by Crippen LogP contribution is -2.38. The van der Waals surface area contributed by atoms with E-state index in [1.807, 2.05) is 63.3 Å². The highest BCUT2D eigenvalue weighted by molar-refractivity contribution is 5.97. The van der Waals surface area contributed by atoms with Crippen molar-refractivity contribution in [2.75, 3.05) is 18.0 Å². The van der Waals surface area contributed by atoms with Gasteiger partial charge >= 0.3 is 0 Å². The van der Waals surface area contributed by atoms with Gasteiger partial charge in [0.15, 0.2) is 0 Å². The van der Waals surface area contributed by atoms with Crippen molar-refractivity contribution in [2.45, 2.75) is 71.2 Å². The number of hydrogen-bond acceptors (Lipinski definition) is 5. The van der Waals surface area contributed by atoms with E-state index in [1.54, 1.807) is 0 Å². The predicted octanol–water partition coefficient (Wildman–Crippen LogP) is 5.01. The van der Waals surface area contributed by atoms with E-state index in [0.717, 1.165) is 54.2 Å². The van der Waals surface area contributed by atoms with Crippen LogP contribution in [0.1, 0.15) is 57.7 Å². The standard InChI is InChI=1S/C32H39N3O4/c1-20(2)38-30-16-27(11-6-21(30)3)35-15-14-29(19-35)39-28-12-8-24(9-13-28)22(4)33-31(37)25-7-10-26-18-32(26,17-25)34-23(5)36/h6-13,16-17,20,22,26,29H,14-15,18-19H2,1-5H3,(H,33,37)(H,34,36). The number of fused-ring (bicyclic) bond motifs is 1. The van der Waals surface area contributed by atoms with Gasteiger partial charge in [-0.2, -0.15) is 0 Å². The number of carbonyl (C=O) groups excluding carboxylic acids is 2. The largest absolute Gasteiger partial charge is 0.491 e. The average molecular weight is 530 g/mol. The van der Waals surface area contributed by atoms with Crippen molar-refractivity contribution in [3.8, 4) is 11.5 Å². The molecule has 4 atom stereocenters. The zero-order valence-electron chi connectivity index (χ0n) is 23.5. The number of aryl methyl sites for hydroxylation is 1. The molecular formula is C32H39N3O4. The van der Waals surface area contributed by atoms with E-state index in [2.05, 4.69) is 40.7 Å². The van der Waals surface area contributed by atoms with E-state index >= 15 is 0 Å². The molecule has 4 unspecified atom stereocenters. The van der Waals surface area contributed by atoms with E-state index in [9.17, 15) is 9.59 Å². The predicted molar refractivity (Wildman–Crippen MR) is 153 cm³/mol. The van der Waals surface area contributed by atoms with Crippen LogP contribution in [-0.4, -0.2) is 42.7 Å². The monoisotopic (exact) mass is 529 g/mol. The van der Waals surface area contributed by atoms with Crippen molar-refractivity contribution in [1.82, 2.24) is 10.6 Å². The molecule has 1 saturated heterocycles. The van der Waals surface area contributed by atoms with E-state index in [-0.39, 0.29) is 36.0 Å². The Morgan fingerprint density at radius 3 is 2.59 bits per heavy atom. The molecule has 2 amide bonds. The minimum atomic E-state index is -0.394. The van der Waals surface area contributed by atoms with Crippen molar-refractivity contribution in [3.05, 3.63) is 77.4 Å². The quantitative estimate of drug-likeness (QED) is 0.478. The van der Waals surface area contributed by atoms with Gasteiger partial charge in [-0.05, 0) is 69.5 Å². The van der Waals surface area contributed by atoms with Crippen molar-refractivity contribution < 1.29 is 19.1 Å². The molecule has 2 aromatic carbocycles. The Balaban J connectivity index is 1.15. The topological polar surface area (TPSA) is 79.9 Å². The highest BCUT2D eigenvalue weighted by Crippen LogP contribution is 2.49. The van der Waals surface area contributed by atoms with Gasteiger partial charge in [0.2, 0.25) is 5.91 Å². The fourth-order valence-electron chi connectivity index (χ4n) is 5.52. The molecule has 2 fully saturated rings. The second-order valence-electron chi connectivity index (χ2n) is 11.3. The fourth-order valence-corrected chi connectivity index (χ4v) is 5.52. The Hall–Kier alpha value is -3.74. The second-order valence-corrected chi connectivity index (χ2v) is 11.3. The zero-order chi connectivity index (χ0) is 27.7. The number of ether oxygens (including phenoxy) is 2. The molecule has 0 bridgehead atoms. The maximum Gasteiger partial charge on any atom is 0.251 e. The Morgan fingerprint density at radius 2 is 1.87 bits per heavy atom. The lowest BCUT2D eigenvalue weighted by molar-refractivity contribution is -0.120. The summed E-state index contributed by atoms with van der Waals surface area (Å²) in [6, 6.07) is 14.2. The molecule has 1 saturated carbocycles. The SMILES string of the molecule is CC(=O)NC12C=C(C(=O)NC(C)c3ccc(OC4CCN(c5ccc(C)c(OC(C)C)c5)C4)cc3)C=CC1C2. The van der Waals surface area contributed by atoms with Crippen LogP contribution in [0.5, 0.6) is 11.5 Å². The molecule has 0 radical (unpaired) electrons. The number of amides is 2. The number of nitrogens with one attached hydrogen (secondary N) is 2. The van der Waals surface area contributed by atoms with Crippen LogP contribution in [0.3, 0.4) is 0 Å². The Labute approximate surface area is 231 Å². The Kier molecular flexibility index (Phi) is 7.43. The molecule has 206 valence electrons. The Bertz CT molecular complexity index is 1300. The maximum atomic E-state index is 12.9. The normalized spacial score (nSPS) is 24.1. The van der Waals surface area contributed by atoms with Crippen molar-refractivity contribution in [2.24, 2.45) is 5.92 Å². The smallest absolute Gasteiger partial charge is 0.251 e. The van der Waals surface area contributed by atoms with Crippen molar-refractivity contribution >= 4 is 17.5 Å². The summed E-state index contributed by atoms with van der Waals surface area (Å²) in [7, 11) is 0. The summed E-state index contributed by atoms with van der Waals surface area (Å²) in [5.74, 6) is 1.82. The number of nitrogens with zero attached hydrogens (tertiary/aromatic N) is 1. The van der Waals surface area contributed by atoms with Crippen LogP contribution >= 0.6 is 0 Å². The number of anilines is 1. The van der Waals surface area contributed by atoms with Gasteiger partial charge in [-0.1, -0.05) is 30.4 Å². The number of hydrogen-bond donors (Lipinski definition) is 2. The van der Waals surface area contributed by atoms with Crippen LogP contribution in [0.2, 0.25) is 0 Å². The van der Waals surface area contributed by atoms with Gasteiger partial charge in [0.05, 0.1) is 24.2 Å². The molecule has 39 heavy (non-hydrogen) atoms. The highest BCUT2D eigenvalue weighted by atomic mass is 16.5. The Morgan fingerprint density at radius 1 is 1.10 bits per heavy atom. The van der Waals surface area contributed by atoms with Gasteiger partial charge in [-0.3, -0.25) is 9.59 Å². The van der Waals surface area contributed by atoms with E-state index in [1.165, 1.54) is 6.92 Å². The first kappa shape index (κ1) is 26.9. The molecule has 3 aliphatic rings. The molecule has 0 spiro atoms. The average Bonchev–Trinajstić information content (AvgIpc) is 3.40. The number of carbonyl (C=O) groups is 2. The van der Waals surface area contributed by atoms with Crippen LogP contribution in [0.15, 0.2) is 66.3 Å². The highest BCUT2D eigenvalue weighted by Gasteiger charge is 2.53. The molecular weight excluding hydrogens is 490 g/mol. The van der Waals surface area contributed by atoms with E-state index in [4.69, 9.17) is 9.47 Å². The van der Waals surface area contributed by atoms with Crippen LogP contribution in [0, 0.1) is 12.8 Å². The van der Waals surface area contributed by atoms with Gasteiger partial charge in [-0.25, -0.2) is 0 Å². The summed E-state index contributed by atoms with van der Waals surface area (Å²) < 4.78 is 12.3. The second kappa shape index (κ2) is 10.8. The zero-order valence-corrected chi connectivity index (χ0v) is 23.5. The third kappa shape index (κ3) is 6.13. The molecule has 2 N–H and O–H groups in total. The fraction of sp³-hybridized carbons (Fsp3) is 0.438. The summed E-state index contributed by atoms with van der Waals surface area (Å²) >= 11 is 0. The molecule has 1 aliphatic heterocycles. The molecule has 2 aromatic rings. The summed E-state index contributed by atoms with van der Waals surface area (Å²) in [5, 5.41) is 6.08. The maximum absolute atomic E-state index is 12.9. The summed E-state index contributed by atoms with van der Waals surface area (Å²) in [6.07, 6.45) is 7.81. The van der Waals surface area contributed by atoms with Crippen LogP contribution in [-0.2, 0) is 9.59 Å². The van der Waals surface area contributed by atoms with E-state index < -0.39 is 5.54 Å².